The Labute approximate surface area is 97.8 Å². The minimum Gasteiger partial charge on any atom is -0.353 e. The van der Waals surface area contributed by atoms with E-state index in [9.17, 15) is 4.79 Å². The summed E-state index contributed by atoms with van der Waals surface area (Å²) in [5, 5.41) is 3.09. The molecular weight excluding hydrogens is 210 g/mol. The van der Waals surface area contributed by atoms with E-state index in [0.717, 1.165) is 0 Å². The van der Waals surface area contributed by atoms with Crippen molar-refractivity contribution in [1.82, 2.24) is 5.32 Å². The van der Waals surface area contributed by atoms with E-state index >= 15 is 0 Å². The maximum absolute atomic E-state index is 11.9. The van der Waals surface area contributed by atoms with E-state index in [4.69, 9.17) is 11.6 Å². The lowest BCUT2D eigenvalue weighted by Crippen LogP contribution is -2.45. The fourth-order valence-electron chi connectivity index (χ4n) is 2.04. The van der Waals surface area contributed by atoms with Crippen LogP contribution in [-0.4, -0.2) is 17.8 Å². The van der Waals surface area contributed by atoms with Crippen LogP contribution < -0.4 is 5.32 Å². The second-order valence-corrected chi connectivity index (χ2v) is 5.59. The Morgan fingerprint density at radius 3 is 2.47 bits per heavy atom. The topological polar surface area (TPSA) is 29.1 Å². The molecule has 1 saturated carbocycles. The van der Waals surface area contributed by atoms with Crippen molar-refractivity contribution in [2.75, 3.05) is 5.88 Å². The predicted octanol–water partition coefficient (Wildman–Crippen LogP) is 2.95. The van der Waals surface area contributed by atoms with Gasteiger partial charge >= 0.3 is 0 Å². The number of hydrogen-bond donors (Lipinski definition) is 1. The third-order valence-corrected chi connectivity index (χ3v) is 4.08. The zero-order valence-corrected chi connectivity index (χ0v) is 10.7. The first-order chi connectivity index (χ1) is 6.97. The number of carbonyl (C=O) groups excluding carboxylic acids is 1. The molecule has 0 bridgehead atoms. The number of amides is 1. The first kappa shape index (κ1) is 12.8. The molecular formula is C12H22ClNO. The van der Waals surface area contributed by atoms with Crippen molar-refractivity contribution >= 4 is 17.5 Å². The van der Waals surface area contributed by atoms with Gasteiger partial charge in [0.25, 0.3) is 0 Å². The Kier molecular flexibility index (Phi) is 4.45. The van der Waals surface area contributed by atoms with Crippen LogP contribution in [0.15, 0.2) is 0 Å². The molecule has 0 radical (unpaired) electrons. The highest BCUT2D eigenvalue weighted by atomic mass is 35.5. The lowest BCUT2D eigenvalue weighted by molar-refractivity contribution is -0.129. The van der Waals surface area contributed by atoms with E-state index in [2.05, 4.69) is 12.2 Å². The molecule has 0 aromatic heterocycles. The van der Waals surface area contributed by atoms with Gasteiger partial charge in [-0.05, 0) is 39.5 Å². The molecule has 88 valence electrons. The lowest BCUT2D eigenvalue weighted by atomic mass is 9.93. The Bertz CT molecular complexity index is 222. The first-order valence-corrected chi connectivity index (χ1v) is 6.38. The predicted molar refractivity (Wildman–Crippen MR) is 64.1 cm³/mol. The summed E-state index contributed by atoms with van der Waals surface area (Å²) >= 11 is 5.77. The van der Waals surface area contributed by atoms with Gasteiger partial charge < -0.3 is 5.32 Å². The molecule has 0 heterocycles. The van der Waals surface area contributed by atoms with E-state index in [1.54, 1.807) is 0 Å². The Morgan fingerprint density at radius 2 is 2.00 bits per heavy atom. The second kappa shape index (κ2) is 5.20. The maximum Gasteiger partial charge on any atom is 0.227 e. The molecule has 1 unspecified atom stereocenters. The lowest BCUT2D eigenvalue weighted by Gasteiger charge is -2.26. The summed E-state index contributed by atoms with van der Waals surface area (Å²) in [5.41, 5.74) is -0.450. The molecule has 15 heavy (non-hydrogen) atoms. The zero-order valence-electron chi connectivity index (χ0n) is 9.98. The number of carbonyl (C=O) groups is 1. The van der Waals surface area contributed by atoms with Crippen molar-refractivity contribution in [3.8, 4) is 0 Å². The quantitative estimate of drug-likeness (QED) is 0.741. The molecule has 2 nitrogen and oxygen atoms in total. The average Bonchev–Trinajstić information content (AvgIpc) is 2.70. The fourth-order valence-corrected chi connectivity index (χ4v) is 2.16. The van der Waals surface area contributed by atoms with Crippen molar-refractivity contribution in [2.24, 2.45) is 11.3 Å². The van der Waals surface area contributed by atoms with Crippen molar-refractivity contribution < 1.29 is 4.79 Å². The molecule has 0 aromatic rings. The van der Waals surface area contributed by atoms with Gasteiger partial charge in [-0.25, -0.2) is 0 Å². The van der Waals surface area contributed by atoms with Crippen molar-refractivity contribution in [3.63, 3.8) is 0 Å². The van der Waals surface area contributed by atoms with Gasteiger partial charge in [-0.3, -0.25) is 4.79 Å². The second-order valence-electron chi connectivity index (χ2n) is 5.32. The molecule has 1 aliphatic carbocycles. The van der Waals surface area contributed by atoms with E-state index in [1.165, 1.54) is 25.7 Å². The highest BCUT2D eigenvalue weighted by Gasteiger charge is 2.30. The van der Waals surface area contributed by atoms with Crippen LogP contribution in [0.4, 0.5) is 0 Å². The summed E-state index contributed by atoms with van der Waals surface area (Å²) in [6.45, 7) is 5.88. The average molecular weight is 232 g/mol. The molecule has 0 spiro atoms. The molecule has 1 aliphatic rings. The van der Waals surface area contributed by atoms with E-state index < -0.39 is 5.41 Å². The maximum atomic E-state index is 11.9. The summed E-state index contributed by atoms with van der Waals surface area (Å²) in [5.74, 6) is 1.12. The molecule has 1 amide bonds. The van der Waals surface area contributed by atoms with Crippen molar-refractivity contribution in [3.05, 3.63) is 0 Å². The standard InChI is InChI=1S/C12H22ClNO/c1-9(10-6-4-5-7-10)14-11(15)12(2,3)8-13/h9-10H,4-8H2,1-3H3,(H,14,15). The SMILES string of the molecule is CC(NC(=O)C(C)(C)CCl)C1CCCC1. The van der Waals surface area contributed by atoms with Crippen LogP contribution in [0.3, 0.4) is 0 Å². The molecule has 0 aliphatic heterocycles. The van der Waals surface area contributed by atoms with Gasteiger partial charge in [0.05, 0.1) is 5.41 Å². The highest BCUT2D eigenvalue weighted by molar-refractivity contribution is 6.19. The zero-order chi connectivity index (χ0) is 11.5. The fraction of sp³-hybridized carbons (Fsp3) is 0.917. The summed E-state index contributed by atoms with van der Waals surface area (Å²) in [6, 6.07) is 0.294. The van der Waals surface area contributed by atoms with Crippen LogP contribution in [0.1, 0.15) is 46.5 Å². The van der Waals surface area contributed by atoms with Crippen LogP contribution in [0.2, 0.25) is 0 Å². The van der Waals surface area contributed by atoms with Gasteiger partial charge in [0.15, 0.2) is 0 Å². The highest BCUT2D eigenvalue weighted by Crippen LogP contribution is 2.28. The largest absolute Gasteiger partial charge is 0.353 e. The first-order valence-electron chi connectivity index (χ1n) is 5.84. The normalized spacial score (nSPS) is 20.3. The van der Waals surface area contributed by atoms with Gasteiger partial charge in [0.1, 0.15) is 0 Å². The van der Waals surface area contributed by atoms with Crippen LogP contribution in [0, 0.1) is 11.3 Å². The Balaban J connectivity index is 2.43. The molecule has 1 rings (SSSR count). The van der Waals surface area contributed by atoms with Crippen LogP contribution in [0.5, 0.6) is 0 Å². The minimum absolute atomic E-state index is 0.0805. The Hall–Kier alpha value is -0.240. The molecule has 1 fully saturated rings. The van der Waals surface area contributed by atoms with Gasteiger partial charge in [0.2, 0.25) is 5.91 Å². The van der Waals surface area contributed by atoms with E-state index in [1.807, 2.05) is 13.8 Å². The molecule has 1 N–H and O–H groups in total. The van der Waals surface area contributed by atoms with Gasteiger partial charge in [-0.15, -0.1) is 11.6 Å². The smallest absolute Gasteiger partial charge is 0.227 e. The third-order valence-electron chi connectivity index (χ3n) is 3.41. The van der Waals surface area contributed by atoms with E-state index in [-0.39, 0.29) is 5.91 Å². The van der Waals surface area contributed by atoms with Crippen LogP contribution >= 0.6 is 11.6 Å². The summed E-state index contributed by atoms with van der Waals surface area (Å²) in [7, 11) is 0. The summed E-state index contributed by atoms with van der Waals surface area (Å²) < 4.78 is 0. The number of halogens is 1. The number of rotatable bonds is 4. The minimum atomic E-state index is -0.450. The molecule has 0 aromatic carbocycles. The molecule has 1 atom stereocenters. The number of hydrogen-bond acceptors (Lipinski definition) is 1. The Morgan fingerprint density at radius 1 is 1.47 bits per heavy atom. The summed E-state index contributed by atoms with van der Waals surface area (Å²) in [6.07, 6.45) is 5.12. The number of nitrogens with one attached hydrogen (secondary N) is 1. The molecule has 0 saturated heterocycles. The van der Waals surface area contributed by atoms with Crippen molar-refractivity contribution in [2.45, 2.75) is 52.5 Å². The van der Waals surface area contributed by atoms with Crippen LogP contribution in [0.25, 0.3) is 0 Å². The van der Waals surface area contributed by atoms with Gasteiger partial charge in [0, 0.05) is 11.9 Å². The van der Waals surface area contributed by atoms with Crippen molar-refractivity contribution in [1.29, 1.82) is 0 Å². The van der Waals surface area contributed by atoms with E-state index in [0.29, 0.717) is 17.8 Å². The number of alkyl halides is 1. The monoisotopic (exact) mass is 231 g/mol. The summed E-state index contributed by atoms with van der Waals surface area (Å²) in [4.78, 5) is 11.9. The van der Waals surface area contributed by atoms with Crippen LogP contribution in [-0.2, 0) is 4.79 Å². The van der Waals surface area contributed by atoms with Gasteiger partial charge in [-0.1, -0.05) is 12.8 Å². The third kappa shape index (κ3) is 3.37. The molecule has 3 heteroatoms. The van der Waals surface area contributed by atoms with Gasteiger partial charge in [-0.2, -0.15) is 0 Å².